The van der Waals surface area contributed by atoms with Gasteiger partial charge in [-0.05, 0) is 17.9 Å². The number of thiophene rings is 1. The summed E-state index contributed by atoms with van der Waals surface area (Å²) in [6.07, 6.45) is 0.872. The zero-order valence-electron chi connectivity index (χ0n) is 6.37. The van der Waals surface area contributed by atoms with Gasteiger partial charge in [0.05, 0.1) is 6.61 Å². The highest BCUT2D eigenvalue weighted by molar-refractivity contribution is 7.11. The minimum absolute atomic E-state index is 0.207. The van der Waals surface area contributed by atoms with E-state index in [4.69, 9.17) is 4.74 Å². The van der Waals surface area contributed by atoms with Crippen molar-refractivity contribution in [3.05, 3.63) is 22.4 Å². The molecule has 0 unspecified atom stereocenters. The Morgan fingerprint density at radius 1 is 1.73 bits per heavy atom. The Balaban J connectivity index is 2.43. The summed E-state index contributed by atoms with van der Waals surface area (Å²) in [5, 5.41) is 1.86. The largest absolute Gasteiger partial charge is 0.462 e. The van der Waals surface area contributed by atoms with Crippen LogP contribution in [-0.4, -0.2) is 12.6 Å². The Morgan fingerprint density at radius 2 is 2.55 bits per heavy atom. The number of hydrogen-bond donors (Lipinski definition) is 0. The molecule has 0 aliphatic carbocycles. The first-order valence-corrected chi connectivity index (χ1v) is 4.43. The first kappa shape index (κ1) is 8.27. The zero-order valence-corrected chi connectivity index (χ0v) is 7.19. The summed E-state index contributed by atoms with van der Waals surface area (Å²) in [4.78, 5) is 11.7. The lowest BCUT2D eigenvalue weighted by Crippen LogP contribution is -2.03. The summed E-state index contributed by atoms with van der Waals surface area (Å²) in [6, 6.07) is 3.61. The average molecular weight is 170 g/mol. The monoisotopic (exact) mass is 170 g/mol. The summed E-state index contributed by atoms with van der Waals surface area (Å²) >= 11 is 1.41. The lowest BCUT2D eigenvalue weighted by molar-refractivity contribution is 0.0511. The smallest absolute Gasteiger partial charge is 0.348 e. The molecule has 60 valence electrons. The number of esters is 1. The molecule has 1 rings (SSSR count). The maximum atomic E-state index is 11.1. The SMILES string of the molecule is CCCOC(=O)c1cccs1. The molecule has 0 bridgehead atoms. The Hall–Kier alpha value is -0.830. The highest BCUT2D eigenvalue weighted by Crippen LogP contribution is 2.09. The van der Waals surface area contributed by atoms with Gasteiger partial charge in [0.25, 0.3) is 0 Å². The van der Waals surface area contributed by atoms with Crippen LogP contribution < -0.4 is 0 Å². The molecule has 0 aromatic carbocycles. The summed E-state index contributed by atoms with van der Waals surface area (Å²) in [7, 11) is 0. The van der Waals surface area contributed by atoms with Gasteiger partial charge in [0.15, 0.2) is 0 Å². The van der Waals surface area contributed by atoms with E-state index in [1.165, 1.54) is 11.3 Å². The van der Waals surface area contributed by atoms with Crippen LogP contribution in [0.5, 0.6) is 0 Å². The molecule has 0 aliphatic heterocycles. The molecule has 0 N–H and O–H groups in total. The third kappa shape index (κ3) is 2.35. The Morgan fingerprint density at radius 3 is 3.09 bits per heavy atom. The van der Waals surface area contributed by atoms with Crippen LogP contribution in [0.15, 0.2) is 17.5 Å². The molecule has 0 amide bonds. The maximum Gasteiger partial charge on any atom is 0.348 e. The molecular formula is C8H10O2S. The van der Waals surface area contributed by atoms with Gasteiger partial charge in [0.2, 0.25) is 0 Å². The van der Waals surface area contributed by atoms with E-state index in [0.29, 0.717) is 11.5 Å². The summed E-state index contributed by atoms with van der Waals surface area (Å²) in [6.45, 7) is 2.48. The summed E-state index contributed by atoms with van der Waals surface area (Å²) in [5.41, 5.74) is 0. The Kier molecular flexibility index (Phi) is 3.11. The first-order valence-electron chi connectivity index (χ1n) is 3.55. The minimum Gasteiger partial charge on any atom is -0.462 e. The van der Waals surface area contributed by atoms with E-state index in [9.17, 15) is 4.79 Å². The van der Waals surface area contributed by atoms with Crippen LogP contribution >= 0.6 is 11.3 Å². The van der Waals surface area contributed by atoms with Gasteiger partial charge in [0.1, 0.15) is 4.88 Å². The quantitative estimate of drug-likeness (QED) is 0.651. The van der Waals surface area contributed by atoms with E-state index in [1.54, 1.807) is 6.07 Å². The van der Waals surface area contributed by atoms with E-state index in [1.807, 2.05) is 18.4 Å². The van der Waals surface area contributed by atoms with Gasteiger partial charge >= 0.3 is 5.97 Å². The minimum atomic E-state index is -0.207. The van der Waals surface area contributed by atoms with Crippen LogP contribution in [0, 0.1) is 0 Å². The molecular weight excluding hydrogens is 160 g/mol. The van der Waals surface area contributed by atoms with Crippen LogP contribution in [0.1, 0.15) is 23.0 Å². The van der Waals surface area contributed by atoms with Crippen molar-refractivity contribution in [1.82, 2.24) is 0 Å². The molecule has 0 fully saturated rings. The molecule has 2 nitrogen and oxygen atoms in total. The van der Waals surface area contributed by atoms with Crippen LogP contribution in [0.4, 0.5) is 0 Å². The van der Waals surface area contributed by atoms with Crippen molar-refractivity contribution in [2.75, 3.05) is 6.61 Å². The molecule has 0 spiro atoms. The van der Waals surface area contributed by atoms with Crippen LogP contribution in [0.3, 0.4) is 0 Å². The van der Waals surface area contributed by atoms with Gasteiger partial charge in [-0.2, -0.15) is 0 Å². The number of carbonyl (C=O) groups is 1. The van der Waals surface area contributed by atoms with Crippen LogP contribution in [0.25, 0.3) is 0 Å². The molecule has 1 aromatic heterocycles. The average Bonchev–Trinajstić information content (AvgIpc) is 2.52. The maximum absolute atomic E-state index is 11.1. The van der Waals surface area contributed by atoms with Crippen LogP contribution in [0.2, 0.25) is 0 Å². The molecule has 1 aromatic rings. The Labute approximate surface area is 69.8 Å². The number of carbonyl (C=O) groups excluding carboxylic acids is 1. The topological polar surface area (TPSA) is 26.3 Å². The second kappa shape index (κ2) is 4.13. The predicted octanol–water partition coefficient (Wildman–Crippen LogP) is 2.31. The van der Waals surface area contributed by atoms with Crippen LogP contribution in [-0.2, 0) is 4.74 Å². The van der Waals surface area contributed by atoms with Gasteiger partial charge in [-0.25, -0.2) is 4.79 Å². The van der Waals surface area contributed by atoms with Gasteiger partial charge in [-0.3, -0.25) is 0 Å². The summed E-state index contributed by atoms with van der Waals surface area (Å²) in [5.74, 6) is -0.207. The second-order valence-corrected chi connectivity index (χ2v) is 3.06. The molecule has 3 heteroatoms. The van der Waals surface area contributed by atoms with Crippen molar-refractivity contribution in [3.63, 3.8) is 0 Å². The number of ether oxygens (including phenoxy) is 1. The molecule has 0 atom stereocenters. The van der Waals surface area contributed by atoms with Gasteiger partial charge in [-0.1, -0.05) is 13.0 Å². The number of hydrogen-bond acceptors (Lipinski definition) is 3. The van der Waals surface area contributed by atoms with E-state index in [0.717, 1.165) is 6.42 Å². The highest BCUT2D eigenvalue weighted by Gasteiger charge is 2.05. The van der Waals surface area contributed by atoms with Crippen molar-refractivity contribution in [2.45, 2.75) is 13.3 Å². The second-order valence-electron chi connectivity index (χ2n) is 2.11. The number of rotatable bonds is 3. The molecule has 0 aliphatic rings. The van der Waals surface area contributed by atoms with Crippen molar-refractivity contribution in [2.24, 2.45) is 0 Å². The van der Waals surface area contributed by atoms with E-state index in [2.05, 4.69) is 0 Å². The van der Waals surface area contributed by atoms with E-state index < -0.39 is 0 Å². The fourth-order valence-electron chi connectivity index (χ4n) is 0.661. The van der Waals surface area contributed by atoms with E-state index >= 15 is 0 Å². The first-order chi connectivity index (χ1) is 5.34. The van der Waals surface area contributed by atoms with Crippen molar-refractivity contribution in [3.8, 4) is 0 Å². The lowest BCUT2D eigenvalue weighted by Gasteiger charge is -1.98. The third-order valence-electron chi connectivity index (χ3n) is 1.16. The molecule has 1 heterocycles. The molecule has 0 saturated carbocycles. The van der Waals surface area contributed by atoms with Crippen molar-refractivity contribution in [1.29, 1.82) is 0 Å². The predicted molar refractivity (Wildman–Crippen MR) is 44.9 cm³/mol. The normalized spacial score (nSPS) is 9.55. The van der Waals surface area contributed by atoms with Gasteiger partial charge < -0.3 is 4.74 Å². The Bertz CT molecular complexity index is 216. The molecule has 0 radical (unpaired) electrons. The fourth-order valence-corrected chi connectivity index (χ4v) is 1.28. The lowest BCUT2D eigenvalue weighted by atomic mass is 10.5. The van der Waals surface area contributed by atoms with Crippen molar-refractivity contribution >= 4 is 17.3 Å². The van der Waals surface area contributed by atoms with Crippen molar-refractivity contribution < 1.29 is 9.53 Å². The zero-order chi connectivity index (χ0) is 8.10. The standard InChI is InChI=1S/C8H10O2S/c1-2-5-10-8(9)7-4-3-6-11-7/h3-4,6H,2,5H2,1H3. The molecule has 0 saturated heterocycles. The molecule has 11 heavy (non-hydrogen) atoms. The fraction of sp³-hybridized carbons (Fsp3) is 0.375. The summed E-state index contributed by atoms with van der Waals surface area (Å²) < 4.78 is 4.91. The third-order valence-corrected chi connectivity index (χ3v) is 2.01. The highest BCUT2D eigenvalue weighted by atomic mass is 32.1. The van der Waals surface area contributed by atoms with Gasteiger partial charge in [-0.15, -0.1) is 11.3 Å². The van der Waals surface area contributed by atoms with Gasteiger partial charge in [0, 0.05) is 0 Å². The van der Waals surface area contributed by atoms with E-state index in [-0.39, 0.29) is 5.97 Å².